The molecule has 86 valence electrons. The lowest BCUT2D eigenvalue weighted by Gasteiger charge is -2.08. The summed E-state index contributed by atoms with van der Waals surface area (Å²) in [5.74, 6) is 1.43. The number of furan rings is 1. The van der Waals surface area contributed by atoms with Crippen LogP contribution in [0.1, 0.15) is 17.4 Å². The molecule has 0 saturated heterocycles. The standard InChI is InChI=1S/C11H15N3O2/c1-14-7-9(11(13-14)15-2)10(12)6-8-4-3-5-16-8/h3-5,7,10H,6,12H2,1-2H3. The largest absolute Gasteiger partial charge is 0.480 e. The van der Waals surface area contributed by atoms with Crippen LogP contribution in [-0.4, -0.2) is 16.9 Å². The third-order valence-corrected chi connectivity index (χ3v) is 2.42. The van der Waals surface area contributed by atoms with Crippen molar-refractivity contribution in [2.75, 3.05) is 7.11 Å². The van der Waals surface area contributed by atoms with Crippen LogP contribution in [0.15, 0.2) is 29.0 Å². The van der Waals surface area contributed by atoms with E-state index in [1.54, 1.807) is 18.1 Å². The van der Waals surface area contributed by atoms with Crippen LogP contribution in [0.4, 0.5) is 0 Å². The fraction of sp³-hybridized carbons (Fsp3) is 0.364. The molecule has 0 spiro atoms. The van der Waals surface area contributed by atoms with Gasteiger partial charge in [-0.15, -0.1) is 5.10 Å². The molecule has 0 aliphatic heterocycles. The predicted octanol–water partition coefficient (Wildman–Crippen LogP) is 1.26. The molecular formula is C11H15N3O2. The van der Waals surface area contributed by atoms with Gasteiger partial charge in [0.1, 0.15) is 5.76 Å². The maximum absolute atomic E-state index is 6.08. The van der Waals surface area contributed by atoms with E-state index in [9.17, 15) is 0 Å². The lowest BCUT2D eigenvalue weighted by Crippen LogP contribution is -2.13. The first-order chi connectivity index (χ1) is 7.70. The zero-order valence-electron chi connectivity index (χ0n) is 9.38. The van der Waals surface area contributed by atoms with Gasteiger partial charge >= 0.3 is 0 Å². The molecule has 1 atom stereocenters. The van der Waals surface area contributed by atoms with Gasteiger partial charge in [-0.2, -0.15) is 0 Å². The average molecular weight is 221 g/mol. The fourth-order valence-corrected chi connectivity index (χ4v) is 1.65. The number of aromatic nitrogens is 2. The fourth-order valence-electron chi connectivity index (χ4n) is 1.65. The van der Waals surface area contributed by atoms with E-state index in [0.717, 1.165) is 11.3 Å². The minimum Gasteiger partial charge on any atom is -0.480 e. The third-order valence-electron chi connectivity index (χ3n) is 2.42. The van der Waals surface area contributed by atoms with Crippen molar-refractivity contribution in [2.24, 2.45) is 12.8 Å². The summed E-state index contributed by atoms with van der Waals surface area (Å²) in [4.78, 5) is 0. The molecule has 2 N–H and O–H groups in total. The summed E-state index contributed by atoms with van der Waals surface area (Å²) < 4.78 is 12.1. The molecule has 0 fully saturated rings. The van der Waals surface area contributed by atoms with E-state index >= 15 is 0 Å². The Labute approximate surface area is 93.8 Å². The zero-order valence-corrected chi connectivity index (χ0v) is 9.38. The molecule has 0 saturated carbocycles. The van der Waals surface area contributed by atoms with Gasteiger partial charge in [-0.05, 0) is 12.1 Å². The van der Waals surface area contributed by atoms with Crippen LogP contribution in [0.25, 0.3) is 0 Å². The molecule has 0 amide bonds. The van der Waals surface area contributed by atoms with E-state index in [-0.39, 0.29) is 6.04 Å². The van der Waals surface area contributed by atoms with Crippen LogP contribution < -0.4 is 10.5 Å². The number of ether oxygens (including phenoxy) is 1. The van der Waals surface area contributed by atoms with Crippen LogP contribution in [-0.2, 0) is 13.5 Å². The minimum absolute atomic E-state index is 0.171. The predicted molar refractivity (Wildman–Crippen MR) is 59.1 cm³/mol. The van der Waals surface area contributed by atoms with Crippen LogP contribution in [0.5, 0.6) is 5.88 Å². The maximum Gasteiger partial charge on any atom is 0.237 e. The maximum atomic E-state index is 6.08. The number of methoxy groups -OCH3 is 1. The first kappa shape index (κ1) is 10.8. The lowest BCUT2D eigenvalue weighted by molar-refractivity contribution is 0.383. The third kappa shape index (κ3) is 2.09. The molecule has 2 aromatic heterocycles. The van der Waals surface area contributed by atoms with E-state index in [4.69, 9.17) is 14.9 Å². The molecule has 16 heavy (non-hydrogen) atoms. The summed E-state index contributed by atoms with van der Waals surface area (Å²) >= 11 is 0. The van der Waals surface area contributed by atoms with E-state index in [1.165, 1.54) is 0 Å². The Kier molecular flexibility index (Phi) is 2.96. The van der Waals surface area contributed by atoms with Crippen molar-refractivity contribution in [3.05, 3.63) is 35.9 Å². The minimum atomic E-state index is -0.171. The molecule has 1 unspecified atom stereocenters. The van der Waals surface area contributed by atoms with Gasteiger partial charge in [-0.1, -0.05) is 0 Å². The summed E-state index contributed by atoms with van der Waals surface area (Å²) in [6.45, 7) is 0. The molecule has 0 aliphatic carbocycles. The molecular weight excluding hydrogens is 206 g/mol. The summed E-state index contributed by atoms with van der Waals surface area (Å²) in [6.07, 6.45) is 4.14. The van der Waals surface area contributed by atoms with Crippen LogP contribution >= 0.6 is 0 Å². The summed E-state index contributed by atoms with van der Waals surface area (Å²) in [6, 6.07) is 3.58. The highest BCUT2D eigenvalue weighted by molar-refractivity contribution is 5.27. The zero-order chi connectivity index (χ0) is 11.5. The van der Waals surface area contributed by atoms with E-state index in [2.05, 4.69) is 5.10 Å². The SMILES string of the molecule is COc1nn(C)cc1C(N)Cc1ccco1. The van der Waals surface area contributed by atoms with E-state index in [0.29, 0.717) is 12.3 Å². The Morgan fingerprint density at radius 2 is 2.44 bits per heavy atom. The summed E-state index contributed by atoms with van der Waals surface area (Å²) in [5, 5.41) is 4.16. The van der Waals surface area contributed by atoms with Crippen molar-refractivity contribution in [1.29, 1.82) is 0 Å². The van der Waals surface area contributed by atoms with Crippen molar-refractivity contribution in [3.63, 3.8) is 0 Å². The molecule has 2 rings (SSSR count). The number of aryl methyl sites for hydroxylation is 1. The second kappa shape index (κ2) is 4.40. The number of nitrogens with zero attached hydrogens (tertiary/aromatic N) is 2. The lowest BCUT2D eigenvalue weighted by atomic mass is 10.1. The smallest absolute Gasteiger partial charge is 0.237 e. The topological polar surface area (TPSA) is 66.2 Å². The van der Waals surface area contributed by atoms with Crippen LogP contribution in [0.3, 0.4) is 0 Å². The van der Waals surface area contributed by atoms with Gasteiger partial charge in [0, 0.05) is 25.7 Å². The van der Waals surface area contributed by atoms with E-state index < -0.39 is 0 Å². The molecule has 0 aliphatic rings. The average Bonchev–Trinajstić information content (AvgIpc) is 2.86. The molecule has 2 aromatic rings. The van der Waals surface area contributed by atoms with Gasteiger partial charge in [-0.3, -0.25) is 4.68 Å². The number of hydrogen-bond donors (Lipinski definition) is 1. The molecule has 5 heteroatoms. The highest BCUT2D eigenvalue weighted by Gasteiger charge is 2.17. The Morgan fingerprint density at radius 1 is 1.62 bits per heavy atom. The van der Waals surface area contributed by atoms with Gasteiger partial charge < -0.3 is 14.9 Å². The van der Waals surface area contributed by atoms with Gasteiger partial charge in [0.15, 0.2) is 0 Å². The quantitative estimate of drug-likeness (QED) is 0.844. The summed E-state index contributed by atoms with van der Waals surface area (Å²) in [5.41, 5.74) is 6.97. The van der Waals surface area contributed by atoms with Crippen molar-refractivity contribution in [1.82, 2.24) is 9.78 Å². The van der Waals surface area contributed by atoms with Crippen molar-refractivity contribution in [3.8, 4) is 5.88 Å². The summed E-state index contributed by atoms with van der Waals surface area (Å²) in [7, 11) is 3.43. The van der Waals surface area contributed by atoms with E-state index in [1.807, 2.05) is 25.4 Å². The first-order valence-corrected chi connectivity index (χ1v) is 5.06. The van der Waals surface area contributed by atoms with Gasteiger partial charge in [0.25, 0.3) is 0 Å². The van der Waals surface area contributed by atoms with Crippen LogP contribution in [0.2, 0.25) is 0 Å². The highest BCUT2D eigenvalue weighted by Crippen LogP contribution is 2.24. The monoisotopic (exact) mass is 221 g/mol. The molecule has 5 nitrogen and oxygen atoms in total. The normalized spacial score (nSPS) is 12.7. The van der Waals surface area contributed by atoms with Crippen LogP contribution in [0, 0.1) is 0 Å². The Hall–Kier alpha value is -1.75. The van der Waals surface area contributed by atoms with Gasteiger partial charge in [-0.25, -0.2) is 0 Å². The molecule has 2 heterocycles. The first-order valence-electron chi connectivity index (χ1n) is 5.06. The number of nitrogens with two attached hydrogens (primary N) is 1. The molecule has 0 radical (unpaired) electrons. The van der Waals surface area contributed by atoms with Crippen molar-refractivity contribution < 1.29 is 9.15 Å². The second-order valence-corrected chi connectivity index (χ2v) is 3.66. The van der Waals surface area contributed by atoms with Gasteiger partial charge in [0.2, 0.25) is 5.88 Å². The molecule has 0 bridgehead atoms. The number of hydrogen-bond acceptors (Lipinski definition) is 4. The van der Waals surface area contributed by atoms with Gasteiger partial charge in [0.05, 0.1) is 18.9 Å². The highest BCUT2D eigenvalue weighted by atomic mass is 16.5. The Morgan fingerprint density at radius 3 is 3.06 bits per heavy atom. The Balaban J connectivity index is 2.16. The van der Waals surface area contributed by atoms with Crippen molar-refractivity contribution >= 4 is 0 Å². The second-order valence-electron chi connectivity index (χ2n) is 3.66. The van der Waals surface area contributed by atoms with Crippen molar-refractivity contribution in [2.45, 2.75) is 12.5 Å². The number of rotatable bonds is 4. The molecule has 0 aromatic carbocycles. The Bertz CT molecular complexity index is 448.